The predicted octanol–water partition coefficient (Wildman–Crippen LogP) is 1.34. The van der Waals surface area contributed by atoms with Gasteiger partial charge < -0.3 is 10.4 Å². The van der Waals surface area contributed by atoms with E-state index in [1.54, 1.807) is 0 Å². The molecule has 0 radical (unpaired) electrons. The van der Waals surface area contributed by atoms with Crippen LogP contribution in [0.2, 0.25) is 0 Å². The third kappa shape index (κ3) is 1.65. The minimum atomic E-state index is -0.635. The lowest BCUT2D eigenvalue weighted by Crippen LogP contribution is -2.59. The van der Waals surface area contributed by atoms with E-state index < -0.39 is 11.5 Å². The highest BCUT2D eigenvalue weighted by molar-refractivity contribution is 7.99. The summed E-state index contributed by atoms with van der Waals surface area (Å²) in [6.07, 6.45) is 4.05. The molecule has 4 heteroatoms. The Bertz CT molecular complexity index is 220. The van der Waals surface area contributed by atoms with Crippen LogP contribution in [-0.2, 0) is 4.79 Å². The Balaban J connectivity index is 2.15. The van der Waals surface area contributed by atoms with Crippen LogP contribution in [0.4, 0.5) is 0 Å². The number of rotatable bonds is 2. The van der Waals surface area contributed by atoms with Gasteiger partial charge in [-0.25, -0.2) is 0 Å². The Morgan fingerprint density at radius 2 is 2.36 bits per heavy atom. The first-order valence-corrected chi connectivity index (χ1v) is 6.47. The fourth-order valence-electron chi connectivity index (χ4n) is 2.56. The zero-order chi connectivity index (χ0) is 10.0. The number of hydrogen-bond donors (Lipinski definition) is 2. The van der Waals surface area contributed by atoms with E-state index in [1.165, 1.54) is 0 Å². The fourth-order valence-corrected chi connectivity index (χ4v) is 3.91. The van der Waals surface area contributed by atoms with Crippen molar-refractivity contribution in [2.45, 2.75) is 31.2 Å². The van der Waals surface area contributed by atoms with Crippen molar-refractivity contribution < 1.29 is 9.90 Å². The second-order valence-electron chi connectivity index (χ2n) is 4.22. The van der Waals surface area contributed by atoms with Gasteiger partial charge in [0.25, 0.3) is 0 Å². The molecule has 0 aromatic carbocycles. The summed E-state index contributed by atoms with van der Waals surface area (Å²) >= 11 is 1.89. The van der Waals surface area contributed by atoms with E-state index in [-0.39, 0.29) is 0 Å². The summed E-state index contributed by atoms with van der Waals surface area (Å²) in [7, 11) is 0. The van der Waals surface area contributed by atoms with Crippen LogP contribution in [0.15, 0.2) is 0 Å². The summed E-state index contributed by atoms with van der Waals surface area (Å²) in [5, 5.41) is 12.6. The van der Waals surface area contributed by atoms with Crippen LogP contribution in [0, 0.1) is 5.92 Å². The van der Waals surface area contributed by atoms with Crippen LogP contribution < -0.4 is 5.32 Å². The standard InChI is InChI=1S/C10H17NO2S/c12-9(13)10(4-1-2-5-11-10)8-3-6-14-7-8/h8,11H,1-7H2,(H,12,13). The first-order valence-electron chi connectivity index (χ1n) is 5.32. The van der Waals surface area contributed by atoms with Crippen molar-refractivity contribution in [1.29, 1.82) is 0 Å². The second-order valence-corrected chi connectivity index (χ2v) is 5.37. The molecule has 2 aliphatic heterocycles. The molecule has 2 aliphatic rings. The van der Waals surface area contributed by atoms with Crippen molar-refractivity contribution in [3.8, 4) is 0 Å². The molecule has 0 spiro atoms. The van der Waals surface area contributed by atoms with Gasteiger partial charge in [0.2, 0.25) is 0 Å². The number of aliphatic carboxylic acids is 1. The third-order valence-electron chi connectivity index (χ3n) is 3.45. The zero-order valence-corrected chi connectivity index (χ0v) is 9.11. The van der Waals surface area contributed by atoms with E-state index in [0.29, 0.717) is 5.92 Å². The van der Waals surface area contributed by atoms with Crippen molar-refractivity contribution in [3.63, 3.8) is 0 Å². The molecule has 2 unspecified atom stereocenters. The molecule has 0 bridgehead atoms. The third-order valence-corrected chi connectivity index (χ3v) is 4.61. The Morgan fingerprint density at radius 1 is 1.50 bits per heavy atom. The van der Waals surface area contributed by atoms with E-state index in [1.807, 2.05) is 11.8 Å². The molecule has 0 aromatic heterocycles. The zero-order valence-electron chi connectivity index (χ0n) is 8.29. The molecule has 0 saturated carbocycles. The molecule has 80 valence electrons. The normalized spacial score (nSPS) is 38.4. The average molecular weight is 215 g/mol. The van der Waals surface area contributed by atoms with E-state index in [0.717, 1.165) is 43.7 Å². The minimum absolute atomic E-state index is 0.338. The van der Waals surface area contributed by atoms with E-state index in [9.17, 15) is 9.90 Å². The van der Waals surface area contributed by atoms with Crippen LogP contribution in [0.3, 0.4) is 0 Å². The molecule has 2 N–H and O–H groups in total. The van der Waals surface area contributed by atoms with Crippen molar-refractivity contribution in [3.05, 3.63) is 0 Å². The molecule has 0 amide bonds. The molecule has 2 rings (SSSR count). The number of hydrogen-bond acceptors (Lipinski definition) is 3. The maximum absolute atomic E-state index is 11.4. The van der Waals surface area contributed by atoms with Crippen LogP contribution >= 0.6 is 11.8 Å². The lowest BCUT2D eigenvalue weighted by Gasteiger charge is -2.39. The molecule has 0 aromatic rings. The summed E-state index contributed by atoms with van der Waals surface area (Å²) in [4.78, 5) is 11.4. The summed E-state index contributed by atoms with van der Waals surface area (Å²) in [6.45, 7) is 0.869. The van der Waals surface area contributed by atoms with Gasteiger partial charge in [0.1, 0.15) is 5.54 Å². The van der Waals surface area contributed by atoms with E-state index >= 15 is 0 Å². The maximum atomic E-state index is 11.4. The Morgan fingerprint density at radius 3 is 2.86 bits per heavy atom. The number of piperidine rings is 1. The highest BCUT2D eigenvalue weighted by Crippen LogP contribution is 2.37. The highest BCUT2D eigenvalue weighted by atomic mass is 32.2. The molecule has 2 saturated heterocycles. The SMILES string of the molecule is O=C(O)C1(C2CCSC2)CCCCN1. The Hall–Kier alpha value is -0.220. The number of nitrogens with one attached hydrogen (secondary N) is 1. The predicted molar refractivity (Wildman–Crippen MR) is 57.7 cm³/mol. The Kier molecular flexibility index (Phi) is 3.02. The largest absolute Gasteiger partial charge is 0.480 e. The molecule has 2 heterocycles. The van der Waals surface area contributed by atoms with Crippen LogP contribution in [-0.4, -0.2) is 34.7 Å². The molecule has 2 fully saturated rings. The smallest absolute Gasteiger partial charge is 0.324 e. The molecule has 2 atom stereocenters. The molecule has 3 nitrogen and oxygen atoms in total. The summed E-state index contributed by atoms with van der Waals surface area (Å²) in [6, 6.07) is 0. The van der Waals surface area contributed by atoms with Crippen LogP contribution in [0.25, 0.3) is 0 Å². The van der Waals surface area contributed by atoms with Gasteiger partial charge in [-0.05, 0) is 49.7 Å². The molecule has 14 heavy (non-hydrogen) atoms. The van der Waals surface area contributed by atoms with Crippen molar-refractivity contribution in [1.82, 2.24) is 5.32 Å². The minimum Gasteiger partial charge on any atom is -0.480 e. The Labute approximate surface area is 88.6 Å². The lowest BCUT2D eigenvalue weighted by molar-refractivity contribution is -0.148. The highest BCUT2D eigenvalue weighted by Gasteiger charge is 2.47. The number of carboxylic acid groups (broad SMARTS) is 1. The molecular weight excluding hydrogens is 198 g/mol. The van der Waals surface area contributed by atoms with Gasteiger partial charge in [-0.3, -0.25) is 4.79 Å². The van der Waals surface area contributed by atoms with Crippen LogP contribution in [0.1, 0.15) is 25.7 Å². The van der Waals surface area contributed by atoms with Gasteiger partial charge in [-0.15, -0.1) is 0 Å². The first-order chi connectivity index (χ1) is 6.76. The van der Waals surface area contributed by atoms with Crippen molar-refractivity contribution in [2.75, 3.05) is 18.1 Å². The maximum Gasteiger partial charge on any atom is 0.324 e. The molecular formula is C10H17NO2S. The second kappa shape index (κ2) is 4.11. The van der Waals surface area contributed by atoms with Crippen molar-refractivity contribution >= 4 is 17.7 Å². The quantitative estimate of drug-likeness (QED) is 0.730. The summed E-state index contributed by atoms with van der Waals surface area (Å²) in [5.41, 5.74) is -0.595. The average Bonchev–Trinajstić information content (AvgIpc) is 2.72. The van der Waals surface area contributed by atoms with E-state index in [4.69, 9.17) is 0 Å². The van der Waals surface area contributed by atoms with Gasteiger partial charge in [0.15, 0.2) is 0 Å². The number of carbonyl (C=O) groups is 1. The monoisotopic (exact) mass is 215 g/mol. The topological polar surface area (TPSA) is 49.3 Å². The van der Waals surface area contributed by atoms with Gasteiger partial charge >= 0.3 is 5.97 Å². The van der Waals surface area contributed by atoms with Crippen LogP contribution in [0.5, 0.6) is 0 Å². The lowest BCUT2D eigenvalue weighted by atomic mass is 9.77. The molecule has 0 aliphatic carbocycles. The van der Waals surface area contributed by atoms with Gasteiger partial charge in [-0.1, -0.05) is 0 Å². The number of carboxylic acids is 1. The van der Waals surface area contributed by atoms with Crippen molar-refractivity contribution in [2.24, 2.45) is 5.92 Å². The fraction of sp³-hybridized carbons (Fsp3) is 0.900. The summed E-state index contributed by atoms with van der Waals surface area (Å²) < 4.78 is 0. The van der Waals surface area contributed by atoms with Gasteiger partial charge in [-0.2, -0.15) is 11.8 Å². The van der Waals surface area contributed by atoms with E-state index in [2.05, 4.69) is 5.32 Å². The number of thioether (sulfide) groups is 1. The van der Waals surface area contributed by atoms with Gasteiger partial charge in [0, 0.05) is 0 Å². The summed E-state index contributed by atoms with van der Waals surface area (Å²) in [5.74, 6) is 1.84. The first kappa shape index (κ1) is 10.3. The van der Waals surface area contributed by atoms with Gasteiger partial charge in [0.05, 0.1) is 0 Å².